The molecule has 32 heavy (non-hydrogen) atoms. The van der Waals surface area contributed by atoms with Crippen LogP contribution in [0.3, 0.4) is 0 Å². The molecule has 0 unspecified atom stereocenters. The summed E-state index contributed by atoms with van der Waals surface area (Å²) in [5.41, 5.74) is 3.27. The van der Waals surface area contributed by atoms with Gasteiger partial charge in [0.25, 0.3) is 5.91 Å². The van der Waals surface area contributed by atoms with Gasteiger partial charge < -0.3 is 10.1 Å². The van der Waals surface area contributed by atoms with Crippen LogP contribution in [0.4, 0.5) is 0 Å². The number of pyridine rings is 1. The number of esters is 1. The first-order valence-electron chi connectivity index (χ1n) is 10.1. The van der Waals surface area contributed by atoms with E-state index >= 15 is 0 Å². The molecule has 1 N–H and O–H groups in total. The van der Waals surface area contributed by atoms with Gasteiger partial charge in [-0.1, -0.05) is 24.3 Å². The SMILES string of the molecule is Cn1nc(C(=O)NC(C)(C)COC(=O)CCl)c2ccc(-c3cnc4ccccc4c3)cc21. The number of alkyl halides is 1. The molecule has 7 nitrogen and oxygen atoms in total. The first-order valence-corrected chi connectivity index (χ1v) is 10.7. The van der Waals surface area contributed by atoms with E-state index in [0.29, 0.717) is 5.69 Å². The third-order valence-electron chi connectivity index (χ3n) is 5.15. The number of fused-ring (bicyclic) bond motifs is 2. The predicted octanol–water partition coefficient (Wildman–Crippen LogP) is 4.08. The van der Waals surface area contributed by atoms with Crippen LogP contribution in [0.1, 0.15) is 24.3 Å². The number of carbonyl (C=O) groups is 2. The van der Waals surface area contributed by atoms with Crippen molar-refractivity contribution >= 4 is 45.3 Å². The summed E-state index contributed by atoms with van der Waals surface area (Å²) in [5.74, 6) is -1.11. The van der Waals surface area contributed by atoms with Crippen LogP contribution < -0.4 is 5.32 Å². The molecule has 0 aliphatic rings. The molecule has 0 aliphatic carbocycles. The smallest absolute Gasteiger partial charge is 0.320 e. The Hall–Kier alpha value is -3.45. The van der Waals surface area contributed by atoms with Crippen LogP contribution in [0.2, 0.25) is 0 Å². The Morgan fingerprint density at radius 1 is 1.12 bits per heavy atom. The van der Waals surface area contributed by atoms with E-state index < -0.39 is 11.5 Å². The maximum Gasteiger partial charge on any atom is 0.320 e. The minimum Gasteiger partial charge on any atom is -0.462 e. The number of hydrogen-bond acceptors (Lipinski definition) is 5. The number of benzene rings is 2. The maximum absolute atomic E-state index is 12.9. The molecule has 0 radical (unpaired) electrons. The molecular weight excluding hydrogens is 428 g/mol. The van der Waals surface area contributed by atoms with Gasteiger partial charge in [-0.15, -0.1) is 11.6 Å². The summed E-state index contributed by atoms with van der Waals surface area (Å²) in [6.45, 7) is 3.54. The summed E-state index contributed by atoms with van der Waals surface area (Å²) in [6.07, 6.45) is 1.85. The molecule has 2 aromatic carbocycles. The summed E-state index contributed by atoms with van der Waals surface area (Å²) in [5, 5.41) is 9.10. The fraction of sp³-hybridized carbons (Fsp3) is 0.250. The van der Waals surface area contributed by atoms with Crippen LogP contribution in [-0.4, -0.2) is 44.7 Å². The zero-order chi connectivity index (χ0) is 22.9. The van der Waals surface area contributed by atoms with Gasteiger partial charge in [0.2, 0.25) is 0 Å². The summed E-state index contributed by atoms with van der Waals surface area (Å²) < 4.78 is 6.75. The van der Waals surface area contributed by atoms with Crippen LogP contribution in [0.15, 0.2) is 54.7 Å². The highest BCUT2D eigenvalue weighted by molar-refractivity contribution is 6.26. The van der Waals surface area contributed by atoms with Crippen molar-refractivity contribution in [3.63, 3.8) is 0 Å². The number of carbonyl (C=O) groups excluding carboxylic acids is 2. The van der Waals surface area contributed by atoms with Crippen molar-refractivity contribution in [2.75, 3.05) is 12.5 Å². The molecule has 4 rings (SSSR count). The average molecular weight is 451 g/mol. The first-order chi connectivity index (χ1) is 15.3. The van der Waals surface area contributed by atoms with Crippen molar-refractivity contribution < 1.29 is 14.3 Å². The highest BCUT2D eigenvalue weighted by Crippen LogP contribution is 2.28. The van der Waals surface area contributed by atoms with Gasteiger partial charge in [-0.3, -0.25) is 19.3 Å². The molecule has 8 heteroatoms. The highest BCUT2D eigenvalue weighted by Gasteiger charge is 2.26. The van der Waals surface area contributed by atoms with Crippen molar-refractivity contribution in [2.24, 2.45) is 7.05 Å². The fourth-order valence-corrected chi connectivity index (χ4v) is 3.61. The molecule has 0 fully saturated rings. The summed E-state index contributed by atoms with van der Waals surface area (Å²) in [4.78, 5) is 28.8. The molecule has 0 saturated heterocycles. The number of aromatic nitrogens is 3. The molecule has 164 valence electrons. The number of nitrogens with one attached hydrogen (secondary N) is 1. The topological polar surface area (TPSA) is 86.1 Å². The molecule has 0 atom stereocenters. The second-order valence-electron chi connectivity index (χ2n) is 8.25. The third kappa shape index (κ3) is 4.43. The van der Waals surface area contributed by atoms with Crippen molar-refractivity contribution in [3.8, 4) is 11.1 Å². The molecule has 2 heterocycles. The average Bonchev–Trinajstić information content (AvgIpc) is 3.13. The summed E-state index contributed by atoms with van der Waals surface area (Å²) in [6, 6.07) is 15.9. The second kappa shape index (κ2) is 8.59. The molecule has 1 amide bonds. The minimum absolute atomic E-state index is 0.00811. The molecule has 4 aromatic rings. The molecular formula is C24H23ClN4O3. The van der Waals surface area contributed by atoms with E-state index in [0.717, 1.165) is 32.9 Å². The van der Waals surface area contributed by atoms with E-state index in [2.05, 4.69) is 21.5 Å². The van der Waals surface area contributed by atoms with Crippen LogP contribution in [0.5, 0.6) is 0 Å². The molecule has 2 aromatic heterocycles. The van der Waals surface area contributed by atoms with Gasteiger partial charge in [-0.05, 0) is 43.7 Å². The number of nitrogens with zero attached hydrogens (tertiary/aromatic N) is 3. The van der Waals surface area contributed by atoms with E-state index in [-0.39, 0.29) is 18.4 Å². The maximum atomic E-state index is 12.9. The molecule has 0 bridgehead atoms. The van der Waals surface area contributed by atoms with Gasteiger partial charge in [-0.25, -0.2) is 0 Å². The summed E-state index contributed by atoms with van der Waals surface area (Å²) in [7, 11) is 1.80. The van der Waals surface area contributed by atoms with E-state index in [1.165, 1.54) is 0 Å². The number of rotatable bonds is 6. The van der Waals surface area contributed by atoms with Crippen LogP contribution in [-0.2, 0) is 16.6 Å². The lowest BCUT2D eigenvalue weighted by molar-refractivity contribution is -0.142. The van der Waals surface area contributed by atoms with Crippen molar-refractivity contribution in [2.45, 2.75) is 19.4 Å². The number of para-hydroxylation sites is 1. The molecule has 0 aliphatic heterocycles. The van der Waals surface area contributed by atoms with E-state index in [1.54, 1.807) is 25.6 Å². The number of ether oxygens (including phenoxy) is 1. The van der Waals surface area contributed by atoms with Crippen molar-refractivity contribution in [1.82, 2.24) is 20.1 Å². The Bertz CT molecular complexity index is 1330. The normalized spacial score (nSPS) is 11.6. The van der Waals surface area contributed by atoms with Crippen LogP contribution in [0.25, 0.3) is 32.9 Å². The van der Waals surface area contributed by atoms with E-state index in [1.807, 2.05) is 48.7 Å². The van der Waals surface area contributed by atoms with Crippen LogP contribution >= 0.6 is 11.6 Å². The van der Waals surface area contributed by atoms with Gasteiger partial charge >= 0.3 is 5.97 Å². The Balaban J connectivity index is 1.62. The quantitative estimate of drug-likeness (QED) is 0.353. The lowest BCUT2D eigenvalue weighted by atomic mass is 10.0. The Kier molecular flexibility index (Phi) is 5.84. The number of hydrogen-bond donors (Lipinski definition) is 1. The van der Waals surface area contributed by atoms with Gasteiger partial charge in [0.1, 0.15) is 12.5 Å². The predicted molar refractivity (Wildman–Crippen MR) is 125 cm³/mol. The van der Waals surface area contributed by atoms with Gasteiger partial charge in [-0.2, -0.15) is 5.10 Å². The lowest BCUT2D eigenvalue weighted by Crippen LogP contribution is -2.47. The van der Waals surface area contributed by atoms with Crippen molar-refractivity contribution in [3.05, 3.63) is 60.4 Å². The van der Waals surface area contributed by atoms with E-state index in [4.69, 9.17) is 16.3 Å². The standard InChI is InChI=1S/C24H23ClN4O3/c1-24(2,14-32-21(30)12-25)27-23(31)22-18-9-8-15(11-20(18)29(3)28-22)17-10-16-6-4-5-7-19(16)26-13-17/h4-11,13H,12,14H2,1-3H3,(H,27,31). The van der Waals surface area contributed by atoms with Gasteiger partial charge in [0.15, 0.2) is 5.69 Å². The largest absolute Gasteiger partial charge is 0.462 e. The Morgan fingerprint density at radius 3 is 2.69 bits per heavy atom. The highest BCUT2D eigenvalue weighted by atomic mass is 35.5. The Labute approximate surface area is 190 Å². The lowest BCUT2D eigenvalue weighted by Gasteiger charge is -2.25. The fourth-order valence-electron chi connectivity index (χ4n) is 3.54. The zero-order valence-corrected chi connectivity index (χ0v) is 18.8. The number of halogens is 1. The first kappa shape index (κ1) is 21.8. The molecule has 0 saturated carbocycles. The van der Waals surface area contributed by atoms with Gasteiger partial charge in [0.05, 0.1) is 16.6 Å². The Morgan fingerprint density at radius 2 is 1.91 bits per heavy atom. The van der Waals surface area contributed by atoms with Crippen molar-refractivity contribution in [1.29, 1.82) is 0 Å². The number of amides is 1. The zero-order valence-electron chi connectivity index (χ0n) is 18.1. The monoisotopic (exact) mass is 450 g/mol. The third-order valence-corrected chi connectivity index (χ3v) is 5.36. The summed E-state index contributed by atoms with van der Waals surface area (Å²) >= 11 is 5.46. The van der Waals surface area contributed by atoms with Gasteiger partial charge in [0, 0.05) is 29.6 Å². The molecule has 0 spiro atoms. The number of aryl methyl sites for hydroxylation is 1. The minimum atomic E-state index is -0.778. The second-order valence-corrected chi connectivity index (χ2v) is 8.52. The van der Waals surface area contributed by atoms with E-state index in [9.17, 15) is 9.59 Å². The van der Waals surface area contributed by atoms with Crippen LogP contribution in [0, 0.1) is 0 Å².